The van der Waals surface area contributed by atoms with Gasteiger partial charge in [0.25, 0.3) is 23.4 Å². The first-order valence-corrected chi connectivity index (χ1v) is 61.1. The normalized spacial score (nSPS) is 39.5. The molecule has 6 fully saturated rings. The number of hydrogen-bond donors (Lipinski definition) is 5. The van der Waals surface area contributed by atoms with E-state index in [1.54, 1.807) is 89.2 Å². The number of rotatable bonds is 13. The zero-order valence-electron chi connectivity index (χ0n) is 83.3. The molecule has 2 amide bonds. The Balaban J connectivity index is 0.000000400. The van der Waals surface area contributed by atoms with E-state index in [0.717, 1.165) is 36.8 Å². The molecule has 30 atom stereocenters. The predicted molar refractivity (Wildman–Crippen MR) is 523 cm³/mol. The Hall–Kier alpha value is -4.55. The minimum absolute atomic E-state index is 0.0193. The molecule has 5 N–H and O–H groups in total. The number of carbonyl (C=O) groups is 10. The Morgan fingerprint density at radius 3 is 1.18 bits per heavy atom. The molecule has 8 rings (SSSR count). The molecule has 0 unspecified atom stereocenters. The van der Waals surface area contributed by atoms with Crippen LogP contribution < -0.4 is 13.3 Å². The summed E-state index contributed by atoms with van der Waals surface area (Å²) in [5.41, 5.74) is 2.55. The number of halogens is 3. The first kappa shape index (κ1) is 118. The van der Waals surface area contributed by atoms with Gasteiger partial charge in [-0.15, -0.1) is 0 Å². The van der Waals surface area contributed by atoms with Crippen LogP contribution in [0, 0.1) is 71.0 Å². The number of cyclic esters (lactones) is 2. The van der Waals surface area contributed by atoms with E-state index in [4.69, 9.17) is 52.1 Å². The maximum atomic E-state index is 14.4. The Kier molecular flexibility index (Phi) is 51.3. The summed E-state index contributed by atoms with van der Waals surface area (Å²) in [7, 11) is 10.8. The number of aliphatic hydroxyl groups is 5. The van der Waals surface area contributed by atoms with Gasteiger partial charge >= 0.3 is 62.4 Å². The minimum atomic E-state index is -2.43. The molecule has 0 spiro atoms. The predicted octanol–water partition coefficient (Wildman–Crippen LogP) is 11.8. The van der Waals surface area contributed by atoms with Gasteiger partial charge in [0.2, 0.25) is 11.6 Å². The molecule has 0 aromatic heterocycles. The van der Waals surface area contributed by atoms with Crippen LogP contribution in [0.5, 0.6) is 0 Å². The molecule has 2 aliphatic carbocycles. The van der Waals surface area contributed by atoms with E-state index in [2.05, 4.69) is 37.2 Å². The molecule has 4 saturated heterocycles. The van der Waals surface area contributed by atoms with Crippen LogP contribution in [0.4, 0.5) is 0 Å². The fourth-order valence-electron chi connectivity index (χ4n) is 20.5. The first-order valence-electron chi connectivity index (χ1n) is 48.5. The van der Waals surface area contributed by atoms with Gasteiger partial charge in [0.1, 0.15) is 60.3 Å². The van der Waals surface area contributed by atoms with Gasteiger partial charge in [-0.1, -0.05) is 142 Å². The molecule has 6 heterocycles. The molecule has 31 heteroatoms. The van der Waals surface area contributed by atoms with E-state index in [9.17, 15) is 73.5 Å². The van der Waals surface area contributed by atoms with Gasteiger partial charge in [0.05, 0.1) is 48.8 Å². The van der Waals surface area contributed by atoms with Crippen molar-refractivity contribution in [1.29, 1.82) is 0 Å². The van der Waals surface area contributed by atoms with Crippen LogP contribution >= 0.6 is 37.2 Å². The standard InChI is InChI=1S/C52H81NO13.C51H79NO13.I3/c1-31-17-13-12-14-18-32(2)43(62-9)29-39-22-20-37(7)52(60,66-39)49(57)50(58)53-24-16-15-19-40(53)51(59)65-44(34(4)27-38-21-23-42(61-8)45(28-38)63-10)30-41(54)33(3)26-36(6)47(56)48(64-11)46(55)35(5)25-31;1-30-16-12-11-13-17-31(2)42(61-8)28-38-21-19-36(7)51(60,65-38)48(57)49(58)52-23-15-14-18-39(52)50(59)64-43(33(4)26-37-20-22-40(53)44(27-37)62-9)29-41(54)32(3)25-35(6)46(56)47(63-10)45(55)34(5)24-30;1-3-2/h12-14,17-18,26,31,33-35,37-40,42-45,47-48,56,60H,15-16,19-25,27-30H2,1-11H3;11-13,16-17,25,30,32-34,36-40,42-44,46-47,53,56,60H,14-15,18-24,26-29H2,1-10H3;/q;;-1/b14-12+,17-13+,32-18+,36-26+;13-11+,16-12+,31-17+,35-25+;/t31-,33-,34-,35-,37-,38+,39+,40+,42-,43+,44+,45-,47-,48+,52-;30-,32-,33-,34-,36-,37+,38+,39+,40-,42+,43+,44-,46-,47+,51-;/m11./s1. The summed E-state index contributed by atoms with van der Waals surface area (Å²) in [5, 5.41) is 57.2. The van der Waals surface area contributed by atoms with E-state index in [1.165, 1.54) is 24.0 Å². The van der Waals surface area contributed by atoms with Crippen molar-refractivity contribution in [1.82, 2.24) is 9.80 Å². The van der Waals surface area contributed by atoms with Gasteiger partial charge in [-0.2, -0.15) is 0 Å². The van der Waals surface area contributed by atoms with E-state index < -0.39 is 162 Å². The van der Waals surface area contributed by atoms with Gasteiger partial charge < -0.3 is 87.4 Å². The van der Waals surface area contributed by atoms with E-state index in [-0.39, 0.29) is 116 Å². The van der Waals surface area contributed by atoms with Crippen molar-refractivity contribution in [3.05, 3.63) is 95.2 Å². The average molecular weight is 2220 g/mol. The molecule has 0 aromatic rings. The maximum absolute atomic E-state index is 14.4. The monoisotopic (exact) mass is 2220 g/mol. The van der Waals surface area contributed by atoms with Gasteiger partial charge in [-0.25, -0.2) is 9.59 Å². The Bertz CT molecular complexity index is 4070. The SMILES string of the molecule is CO[C@H]1C[C@@H]2CC[C@@H](C)[C@@](O)(O2)C(=O)C(=O)N2CCCC[C@H]2C(=O)O[C@H]([C@H](C)C[C@@H]2CC[C@@H](O)[C@H](OC)C2)CC(=O)[C@H](C)/C=C(\C)[C@@H](O)[C@@H](OC)C(=O)[C@H](C)C[C@H](C)/C=C/C=C/C=C/1C.CO[C@H]1C[C@@H]2CC[C@@H](C)[C@@](O)(O2)C(=O)C(=O)N2CCCC[C@H]2C(=O)O[C@H]([C@H](C)C[C@@H]2CC[C@@H](OC)[C@H](OC)C2)CC(=O)[C@H](C)/C=C(\C)[C@@H](O)[C@@H](OC)C(=O)[C@H](C)C[C@H](C)/C=C/C=C/C=C/1C.I[I-]I. The summed E-state index contributed by atoms with van der Waals surface area (Å²) in [6.07, 6.45) is 23.9. The Morgan fingerprint density at radius 2 is 0.813 bits per heavy atom. The summed E-state index contributed by atoms with van der Waals surface area (Å²) in [4.78, 5) is 144. The molecule has 0 aromatic carbocycles. The number of fused-ring (bicyclic) bond motifs is 6. The molecule has 760 valence electrons. The number of piperidine rings is 2. The Labute approximate surface area is 827 Å². The number of ether oxygens (including phenoxy) is 11. The molecule has 134 heavy (non-hydrogen) atoms. The van der Waals surface area contributed by atoms with Crippen molar-refractivity contribution in [2.24, 2.45) is 71.0 Å². The van der Waals surface area contributed by atoms with Crippen LogP contribution in [0.2, 0.25) is 0 Å². The van der Waals surface area contributed by atoms with Crippen LogP contribution in [-0.2, 0) is 100 Å². The third-order valence-electron chi connectivity index (χ3n) is 29.2. The number of carbonyl (C=O) groups excluding carboxylic acids is 10. The Morgan fingerprint density at radius 1 is 0.440 bits per heavy atom. The fraction of sp³-hybridized carbons (Fsp3) is 0.748. The third kappa shape index (κ3) is 33.8. The quantitative estimate of drug-likeness (QED) is 0.0495. The molecule has 0 radical (unpaired) electrons. The molecule has 8 aliphatic rings. The van der Waals surface area contributed by atoms with Gasteiger partial charge in [0, 0.05) is 124 Å². The summed E-state index contributed by atoms with van der Waals surface area (Å²) >= 11 is 5.30. The molecule has 4 bridgehead atoms. The number of amides is 2. The summed E-state index contributed by atoms with van der Waals surface area (Å²) in [6, 6.07) is -2.26. The van der Waals surface area contributed by atoms with Crippen molar-refractivity contribution >= 4 is 95.7 Å². The number of hydrogen-bond acceptors (Lipinski definition) is 26. The number of aliphatic hydroxyl groups excluding tert-OH is 3. The van der Waals surface area contributed by atoms with E-state index in [0.29, 0.717) is 127 Å². The van der Waals surface area contributed by atoms with Crippen molar-refractivity contribution in [2.45, 2.75) is 360 Å². The number of allylic oxidation sites excluding steroid dienone is 12. The number of esters is 2. The van der Waals surface area contributed by atoms with Crippen LogP contribution in [0.25, 0.3) is 0 Å². The molecular formula is C103H160I3N2O26-. The average Bonchev–Trinajstić information content (AvgIpc) is 0.773. The van der Waals surface area contributed by atoms with Crippen molar-refractivity contribution in [2.75, 3.05) is 62.9 Å². The fourth-order valence-corrected chi connectivity index (χ4v) is 20.5. The second-order valence-electron chi connectivity index (χ2n) is 39.4. The van der Waals surface area contributed by atoms with Crippen molar-refractivity contribution in [3.8, 4) is 0 Å². The summed E-state index contributed by atoms with van der Waals surface area (Å²) in [6.45, 7) is 25.6. The van der Waals surface area contributed by atoms with Crippen molar-refractivity contribution in [3.63, 3.8) is 0 Å². The number of methoxy groups -OCH3 is 7. The van der Waals surface area contributed by atoms with Gasteiger partial charge in [-0.3, -0.25) is 38.4 Å². The van der Waals surface area contributed by atoms with Crippen LogP contribution in [-0.4, -0.2) is 266 Å². The zero-order valence-corrected chi connectivity index (χ0v) is 89.8. The van der Waals surface area contributed by atoms with Crippen molar-refractivity contribution < 1.29 is 139 Å². The number of Topliss-reactive ketones (excluding diaryl/α,β-unsaturated/α-hetero) is 6. The van der Waals surface area contributed by atoms with E-state index in [1.807, 2.05) is 116 Å². The van der Waals surface area contributed by atoms with Crippen LogP contribution in [0.3, 0.4) is 0 Å². The molecule has 6 aliphatic heterocycles. The third-order valence-corrected chi connectivity index (χ3v) is 29.2. The number of nitrogens with zero attached hydrogens (tertiary/aromatic N) is 2. The molecule has 2 saturated carbocycles. The first-order chi connectivity index (χ1) is 63.5. The van der Waals surface area contributed by atoms with Crippen LogP contribution in [0.15, 0.2) is 95.2 Å². The topological polar surface area (TPSA) is 380 Å². The summed E-state index contributed by atoms with van der Waals surface area (Å²) in [5.74, 6) is -15.7. The van der Waals surface area contributed by atoms with Gasteiger partial charge in [0.15, 0.2) is 11.6 Å². The molecular weight excluding hydrogens is 2060 g/mol. The second kappa shape index (κ2) is 58.1. The van der Waals surface area contributed by atoms with Crippen LogP contribution in [0.1, 0.15) is 251 Å². The molecule has 28 nitrogen and oxygen atoms in total. The zero-order chi connectivity index (χ0) is 99.8. The summed E-state index contributed by atoms with van der Waals surface area (Å²) < 4.78 is 64.7. The van der Waals surface area contributed by atoms with Gasteiger partial charge in [-0.05, 0) is 214 Å². The second-order valence-corrected chi connectivity index (χ2v) is 55.7. The van der Waals surface area contributed by atoms with E-state index >= 15 is 0 Å². The number of ketones is 6.